The molecule has 29 heavy (non-hydrogen) atoms. The van der Waals surface area contributed by atoms with Gasteiger partial charge in [0, 0.05) is 18.1 Å². The lowest BCUT2D eigenvalue weighted by atomic mass is 10.2. The Morgan fingerprint density at radius 3 is 2.41 bits per heavy atom. The number of nitrogens with zero attached hydrogens (tertiary/aromatic N) is 1. The molecule has 0 spiro atoms. The van der Waals surface area contributed by atoms with Gasteiger partial charge in [-0.2, -0.15) is 4.31 Å². The van der Waals surface area contributed by atoms with E-state index in [9.17, 15) is 13.2 Å². The van der Waals surface area contributed by atoms with Crippen LogP contribution in [0.5, 0.6) is 5.75 Å². The molecule has 1 amide bonds. The highest BCUT2D eigenvalue weighted by atomic mass is 35.5. The van der Waals surface area contributed by atoms with Crippen molar-refractivity contribution in [1.82, 2.24) is 9.62 Å². The van der Waals surface area contributed by atoms with Crippen molar-refractivity contribution >= 4 is 39.1 Å². The largest absolute Gasteiger partial charge is 0.492 e. The molecule has 0 saturated carbocycles. The van der Waals surface area contributed by atoms with Crippen LogP contribution in [0, 0.1) is 0 Å². The van der Waals surface area contributed by atoms with Gasteiger partial charge in [0.15, 0.2) is 0 Å². The monoisotopic (exact) mass is 456 g/mol. The molecule has 0 atom stereocenters. The molecule has 2 aromatic carbocycles. The second-order valence-corrected chi connectivity index (χ2v) is 9.45. The molecule has 0 bridgehead atoms. The Morgan fingerprint density at radius 1 is 1.03 bits per heavy atom. The molecule has 0 unspecified atom stereocenters. The first-order valence-corrected chi connectivity index (χ1v) is 11.5. The summed E-state index contributed by atoms with van der Waals surface area (Å²) in [6.07, 6.45) is 2.71. The average molecular weight is 457 g/mol. The van der Waals surface area contributed by atoms with E-state index >= 15 is 0 Å². The molecule has 6 nitrogen and oxygen atoms in total. The van der Waals surface area contributed by atoms with E-state index in [0.717, 1.165) is 19.3 Å². The summed E-state index contributed by atoms with van der Waals surface area (Å²) in [6.45, 7) is 1.47. The predicted octanol–water partition coefficient (Wildman–Crippen LogP) is 3.98. The zero-order chi connectivity index (χ0) is 20.9. The molecule has 1 saturated heterocycles. The Labute approximate surface area is 180 Å². The number of hydrogen-bond acceptors (Lipinski definition) is 4. The number of carbonyl (C=O) groups excluding carboxylic acids is 1. The molecule has 1 fully saturated rings. The number of piperidine rings is 1. The third-order valence-corrected chi connectivity index (χ3v) is 7.08. The lowest BCUT2D eigenvalue weighted by Gasteiger charge is -2.26. The zero-order valence-electron chi connectivity index (χ0n) is 15.7. The number of ether oxygens (including phenoxy) is 1. The first-order valence-electron chi connectivity index (χ1n) is 9.34. The molecule has 1 aliphatic rings. The first-order chi connectivity index (χ1) is 13.9. The second-order valence-electron chi connectivity index (χ2n) is 6.66. The van der Waals surface area contributed by atoms with Gasteiger partial charge in [0.2, 0.25) is 10.0 Å². The molecule has 0 aromatic heterocycles. The average Bonchev–Trinajstić information content (AvgIpc) is 2.73. The van der Waals surface area contributed by atoms with Gasteiger partial charge in [-0.05, 0) is 55.3 Å². The van der Waals surface area contributed by atoms with Crippen LogP contribution in [0.2, 0.25) is 10.0 Å². The zero-order valence-corrected chi connectivity index (χ0v) is 18.1. The van der Waals surface area contributed by atoms with Gasteiger partial charge >= 0.3 is 0 Å². The highest BCUT2D eigenvalue weighted by Gasteiger charge is 2.27. The standard InChI is InChI=1S/C20H22Cl2N2O4S/c21-15-4-6-16(7-5-15)28-13-10-23-20(25)18-14-17(8-9-19(18)22)29(26,27)24-11-2-1-3-12-24/h4-9,14H,1-3,10-13H2,(H,23,25). The summed E-state index contributed by atoms with van der Waals surface area (Å²) in [5.74, 6) is 0.182. The fourth-order valence-corrected chi connectivity index (χ4v) is 4.93. The fraction of sp³-hybridized carbons (Fsp3) is 0.350. The van der Waals surface area contributed by atoms with Gasteiger partial charge in [-0.3, -0.25) is 4.79 Å². The summed E-state index contributed by atoms with van der Waals surface area (Å²) in [7, 11) is -3.64. The fourth-order valence-electron chi connectivity index (χ4n) is 3.05. The van der Waals surface area contributed by atoms with Crippen LogP contribution in [0.4, 0.5) is 0 Å². The normalized spacial score (nSPS) is 15.1. The van der Waals surface area contributed by atoms with Gasteiger partial charge in [0.1, 0.15) is 12.4 Å². The van der Waals surface area contributed by atoms with Crippen molar-refractivity contribution in [1.29, 1.82) is 0 Å². The van der Waals surface area contributed by atoms with Crippen molar-refractivity contribution in [2.45, 2.75) is 24.2 Å². The molecule has 0 aliphatic carbocycles. The maximum atomic E-state index is 12.8. The number of benzene rings is 2. The van der Waals surface area contributed by atoms with Crippen LogP contribution in [0.1, 0.15) is 29.6 Å². The van der Waals surface area contributed by atoms with E-state index in [1.165, 1.54) is 22.5 Å². The Hall–Kier alpha value is -1.80. The topological polar surface area (TPSA) is 75.7 Å². The number of carbonyl (C=O) groups is 1. The molecule has 156 valence electrons. The number of halogens is 2. The molecule has 0 radical (unpaired) electrons. The van der Waals surface area contributed by atoms with Crippen molar-refractivity contribution in [2.24, 2.45) is 0 Å². The summed E-state index contributed by atoms with van der Waals surface area (Å²) >= 11 is 12.0. The smallest absolute Gasteiger partial charge is 0.252 e. The third kappa shape index (κ3) is 5.63. The Kier molecular flexibility index (Phi) is 7.40. The van der Waals surface area contributed by atoms with Crippen molar-refractivity contribution in [3.63, 3.8) is 0 Å². The summed E-state index contributed by atoms with van der Waals surface area (Å²) < 4.78 is 32.7. The molecular formula is C20H22Cl2N2O4S. The second kappa shape index (κ2) is 9.80. The van der Waals surface area contributed by atoms with Crippen LogP contribution in [-0.2, 0) is 10.0 Å². The molecular weight excluding hydrogens is 435 g/mol. The lowest BCUT2D eigenvalue weighted by Crippen LogP contribution is -2.35. The minimum absolute atomic E-state index is 0.0753. The van der Waals surface area contributed by atoms with E-state index in [-0.39, 0.29) is 28.6 Å². The van der Waals surface area contributed by atoms with Crippen molar-refractivity contribution in [3.05, 3.63) is 58.1 Å². The third-order valence-electron chi connectivity index (χ3n) is 4.61. The Bertz CT molecular complexity index is 959. The van der Waals surface area contributed by atoms with E-state index in [1.54, 1.807) is 24.3 Å². The van der Waals surface area contributed by atoms with Crippen molar-refractivity contribution in [2.75, 3.05) is 26.2 Å². The maximum absolute atomic E-state index is 12.8. The van der Waals surface area contributed by atoms with Gasteiger partial charge in [0.05, 0.1) is 22.0 Å². The molecule has 9 heteroatoms. The van der Waals surface area contributed by atoms with E-state index in [4.69, 9.17) is 27.9 Å². The minimum Gasteiger partial charge on any atom is -0.492 e. The van der Waals surface area contributed by atoms with E-state index in [2.05, 4.69) is 5.32 Å². The molecule has 1 aliphatic heterocycles. The maximum Gasteiger partial charge on any atom is 0.252 e. The van der Waals surface area contributed by atoms with Crippen LogP contribution in [-0.4, -0.2) is 44.9 Å². The minimum atomic E-state index is -3.64. The van der Waals surface area contributed by atoms with Gasteiger partial charge < -0.3 is 10.1 Å². The van der Waals surface area contributed by atoms with Crippen LogP contribution < -0.4 is 10.1 Å². The predicted molar refractivity (Wildman–Crippen MR) is 113 cm³/mol. The van der Waals surface area contributed by atoms with Gasteiger partial charge in [-0.25, -0.2) is 8.42 Å². The van der Waals surface area contributed by atoms with Gasteiger partial charge in [-0.15, -0.1) is 0 Å². The SMILES string of the molecule is O=C(NCCOc1ccc(Cl)cc1)c1cc(S(=O)(=O)N2CCCCC2)ccc1Cl. The lowest BCUT2D eigenvalue weighted by molar-refractivity contribution is 0.0947. The summed E-state index contributed by atoms with van der Waals surface area (Å²) in [6, 6.07) is 11.1. The molecule has 1 N–H and O–H groups in total. The summed E-state index contributed by atoms with van der Waals surface area (Å²) in [5, 5.41) is 3.50. The number of nitrogens with one attached hydrogen (secondary N) is 1. The Balaban J connectivity index is 1.62. The van der Waals surface area contributed by atoms with Crippen LogP contribution in [0.3, 0.4) is 0 Å². The quantitative estimate of drug-likeness (QED) is 0.639. The van der Waals surface area contributed by atoms with Crippen molar-refractivity contribution in [3.8, 4) is 5.75 Å². The highest BCUT2D eigenvalue weighted by Crippen LogP contribution is 2.25. The van der Waals surface area contributed by atoms with Gasteiger partial charge in [0.25, 0.3) is 5.91 Å². The number of hydrogen-bond donors (Lipinski definition) is 1. The van der Waals surface area contributed by atoms with Crippen LogP contribution in [0.25, 0.3) is 0 Å². The molecule has 1 heterocycles. The molecule has 3 rings (SSSR count). The summed E-state index contributed by atoms with van der Waals surface area (Å²) in [4.78, 5) is 12.6. The number of rotatable bonds is 7. The number of sulfonamides is 1. The van der Waals surface area contributed by atoms with E-state index in [1.807, 2.05) is 0 Å². The first kappa shape index (κ1) is 21.9. The molecule has 2 aromatic rings. The van der Waals surface area contributed by atoms with Crippen LogP contribution >= 0.6 is 23.2 Å². The van der Waals surface area contributed by atoms with Gasteiger partial charge in [-0.1, -0.05) is 29.6 Å². The van der Waals surface area contributed by atoms with E-state index < -0.39 is 15.9 Å². The Morgan fingerprint density at radius 2 is 1.72 bits per heavy atom. The summed E-state index contributed by atoms with van der Waals surface area (Å²) in [5.41, 5.74) is 0.122. The number of amides is 1. The van der Waals surface area contributed by atoms with Crippen LogP contribution in [0.15, 0.2) is 47.4 Å². The highest BCUT2D eigenvalue weighted by molar-refractivity contribution is 7.89. The van der Waals surface area contributed by atoms with E-state index in [0.29, 0.717) is 23.9 Å². The van der Waals surface area contributed by atoms with Crippen molar-refractivity contribution < 1.29 is 17.9 Å².